The summed E-state index contributed by atoms with van der Waals surface area (Å²) in [5.41, 5.74) is 0.924. The Morgan fingerprint density at radius 2 is 1.73 bits per heavy atom. The first-order chi connectivity index (χ1) is 10.5. The van der Waals surface area contributed by atoms with Gasteiger partial charge in [-0.05, 0) is 36.4 Å². The van der Waals surface area contributed by atoms with E-state index >= 15 is 0 Å². The number of hydrogen-bond donors (Lipinski definition) is 2. The lowest BCUT2D eigenvalue weighted by atomic mass is 10.2. The summed E-state index contributed by atoms with van der Waals surface area (Å²) in [6.07, 6.45) is 3.07. The molecular formula is C16H13FN2O3. The molecule has 0 amide bonds. The van der Waals surface area contributed by atoms with Crippen LogP contribution in [0.4, 0.5) is 4.39 Å². The number of halogens is 1. The summed E-state index contributed by atoms with van der Waals surface area (Å²) in [6.45, 7) is 0. The second kappa shape index (κ2) is 5.40. The van der Waals surface area contributed by atoms with E-state index in [2.05, 4.69) is 4.98 Å². The highest BCUT2D eigenvalue weighted by molar-refractivity contribution is 5.70. The standard InChI is InChI=1S/C16H13FN2O3/c1-19-9-13(15(20)16(19)21)14-7-6-12(8-18-14)22-11-4-2-10(17)3-5-11/h2-9,20-21H,1H3. The zero-order chi connectivity index (χ0) is 15.7. The molecule has 0 unspecified atom stereocenters. The summed E-state index contributed by atoms with van der Waals surface area (Å²) in [5.74, 6) is 0.206. The summed E-state index contributed by atoms with van der Waals surface area (Å²) in [5, 5.41) is 19.4. The third kappa shape index (κ3) is 2.58. The van der Waals surface area contributed by atoms with Gasteiger partial charge >= 0.3 is 0 Å². The zero-order valence-corrected chi connectivity index (χ0v) is 11.7. The average Bonchev–Trinajstić information content (AvgIpc) is 2.78. The van der Waals surface area contributed by atoms with Crippen LogP contribution in [-0.2, 0) is 7.05 Å². The Hall–Kier alpha value is -3.02. The van der Waals surface area contributed by atoms with E-state index < -0.39 is 0 Å². The van der Waals surface area contributed by atoms with Gasteiger partial charge in [-0.15, -0.1) is 0 Å². The molecule has 112 valence electrons. The van der Waals surface area contributed by atoms with Crippen LogP contribution >= 0.6 is 0 Å². The Kier molecular flexibility index (Phi) is 3.42. The van der Waals surface area contributed by atoms with Gasteiger partial charge in [0, 0.05) is 13.2 Å². The normalized spacial score (nSPS) is 10.6. The van der Waals surface area contributed by atoms with Gasteiger partial charge in [0.2, 0.25) is 5.88 Å². The van der Waals surface area contributed by atoms with Crippen molar-refractivity contribution in [1.82, 2.24) is 9.55 Å². The summed E-state index contributed by atoms with van der Waals surface area (Å²) >= 11 is 0. The average molecular weight is 300 g/mol. The second-order valence-corrected chi connectivity index (χ2v) is 4.76. The van der Waals surface area contributed by atoms with Gasteiger partial charge in [0.15, 0.2) is 5.75 Å². The predicted octanol–water partition coefficient (Wildman–Crippen LogP) is 3.43. The number of aromatic hydroxyl groups is 2. The maximum absolute atomic E-state index is 12.8. The summed E-state index contributed by atoms with van der Waals surface area (Å²) in [6, 6.07) is 8.99. The number of benzene rings is 1. The van der Waals surface area contributed by atoms with Gasteiger partial charge in [-0.3, -0.25) is 4.98 Å². The minimum absolute atomic E-state index is 0.219. The van der Waals surface area contributed by atoms with Gasteiger partial charge < -0.3 is 19.5 Å². The Morgan fingerprint density at radius 3 is 2.27 bits per heavy atom. The summed E-state index contributed by atoms with van der Waals surface area (Å²) in [7, 11) is 1.62. The number of ether oxygens (including phenoxy) is 1. The van der Waals surface area contributed by atoms with Crippen LogP contribution in [0.5, 0.6) is 23.1 Å². The highest BCUT2D eigenvalue weighted by Crippen LogP contribution is 2.37. The van der Waals surface area contributed by atoms with Crippen molar-refractivity contribution < 1.29 is 19.3 Å². The molecule has 0 bridgehead atoms. The highest BCUT2D eigenvalue weighted by atomic mass is 19.1. The predicted molar refractivity (Wildman–Crippen MR) is 78.4 cm³/mol. The third-order valence-electron chi connectivity index (χ3n) is 3.19. The van der Waals surface area contributed by atoms with Crippen LogP contribution in [0.3, 0.4) is 0 Å². The molecule has 0 radical (unpaired) electrons. The fraction of sp³-hybridized carbons (Fsp3) is 0.0625. The molecule has 3 aromatic rings. The van der Waals surface area contributed by atoms with Crippen LogP contribution in [0.15, 0.2) is 48.8 Å². The minimum atomic E-state index is -0.333. The third-order valence-corrected chi connectivity index (χ3v) is 3.19. The first kappa shape index (κ1) is 13.9. The minimum Gasteiger partial charge on any atom is -0.503 e. The fourth-order valence-corrected chi connectivity index (χ4v) is 2.03. The maximum Gasteiger partial charge on any atom is 0.235 e. The zero-order valence-electron chi connectivity index (χ0n) is 11.7. The molecule has 0 aliphatic carbocycles. The summed E-state index contributed by atoms with van der Waals surface area (Å²) < 4.78 is 19.8. The molecule has 0 aliphatic heterocycles. The lowest BCUT2D eigenvalue weighted by molar-refractivity contribution is 0.381. The number of aromatic nitrogens is 2. The van der Waals surface area contributed by atoms with Crippen molar-refractivity contribution in [1.29, 1.82) is 0 Å². The first-order valence-corrected chi connectivity index (χ1v) is 6.51. The van der Waals surface area contributed by atoms with Crippen LogP contribution in [0.2, 0.25) is 0 Å². The topological polar surface area (TPSA) is 67.5 Å². The van der Waals surface area contributed by atoms with Crippen LogP contribution in [0.1, 0.15) is 0 Å². The van der Waals surface area contributed by atoms with E-state index in [0.29, 0.717) is 22.8 Å². The quantitative estimate of drug-likeness (QED) is 0.777. The molecule has 0 spiro atoms. The summed E-state index contributed by atoms with van der Waals surface area (Å²) in [4.78, 5) is 4.19. The van der Waals surface area contributed by atoms with Crippen molar-refractivity contribution in [2.75, 3.05) is 0 Å². The van der Waals surface area contributed by atoms with E-state index in [-0.39, 0.29) is 17.4 Å². The second-order valence-electron chi connectivity index (χ2n) is 4.76. The van der Waals surface area contributed by atoms with Crippen LogP contribution in [0.25, 0.3) is 11.3 Å². The van der Waals surface area contributed by atoms with E-state index in [1.54, 1.807) is 25.4 Å². The Morgan fingerprint density at radius 1 is 1.05 bits per heavy atom. The molecular weight excluding hydrogens is 287 g/mol. The van der Waals surface area contributed by atoms with Gasteiger partial charge in [-0.2, -0.15) is 0 Å². The molecule has 2 heterocycles. The smallest absolute Gasteiger partial charge is 0.235 e. The molecule has 2 aromatic heterocycles. The van der Waals surface area contributed by atoms with Gasteiger partial charge in [0.05, 0.1) is 17.5 Å². The molecule has 0 atom stereocenters. The lowest BCUT2D eigenvalue weighted by Crippen LogP contribution is -1.87. The maximum atomic E-state index is 12.8. The molecule has 22 heavy (non-hydrogen) atoms. The van der Waals surface area contributed by atoms with Gasteiger partial charge in [0.1, 0.15) is 17.3 Å². The van der Waals surface area contributed by atoms with E-state index in [9.17, 15) is 14.6 Å². The fourth-order valence-electron chi connectivity index (χ4n) is 2.03. The van der Waals surface area contributed by atoms with Crippen molar-refractivity contribution in [3.05, 3.63) is 54.6 Å². The van der Waals surface area contributed by atoms with E-state index in [4.69, 9.17) is 4.74 Å². The lowest BCUT2D eigenvalue weighted by Gasteiger charge is -2.06. The monoisotopic (exact) mass is 300 g/mol. The SMILES string of the molecule is Cn1cc(-c2ccc(Oc3ccc(F)cc3)cn2)c(O)c1O. The van der Waals surface area contributed by atoms with Crippen LogP contribution in [0, 0.1) is 5.82 Å². The van der Waals surface area contributed by atoms with Crippen molar-refractivity contribution in [2.45, 2.75) is 0 Å². The van der Waals surface area contributed by atoms with Gasteiger partial charge in [-0.1, -0.05) is 0 Å². The van der Waals surface area contributed by atoms with E-state index in [0.717, 1.165) is 0 Å². The van der Waals surface area contributed by atoms with Crippen LogP contribution in [-0.4, -0.2) is 19.8 Å². The Balaban J connectivity index is 1.83. The first-order valence-electron chi connectivity index (χ1n) is 6.51. The molecule has 5 nitrogen and oxygen atoms in total. The van der Waals surface area contributed by atoms with Crippen molar-refractivity contribution >= 4 is 0 Å². The number of pyridine rings is 1. The molecule has 0 fully saturated rings. The van der Waals surface area contributed by atoms with Crippen molar-refractivity contribution in [2.24, 2.45) is 7.05 Å². The number of aryl methyl sites for hydroxylation is 1. The van der Waals surface area contributed by atoms with E-state index in [1.807, 2.05) is 0 Å². The molecule has 1 aromatic carbocycles. The largest absolute Gasteiger partial charge is 0.503 e. The molecule has 6 heteroatoms. The number of nitrogens with zero attached hydrogens (tertiary/aromatic N) is 2. The van der Waals surface area contributed by atoms with E-state index in [1.165, 1.54) is 35.0 Å². The van der Waals surface area contributed by atoms with Crippen molar-refractivity contribution in [3.8, 4) is 34.4 Å². The molecule has 2 N–H and O–H groups in total. The van der Waals surface area contributed by atoms with Crippen LogP contribution < -0.4 is 4.74 Å². The van der Waals surface area contributed by atoms with Gasteiger partial charge in [-0.25, -0.2) is 4.39 Å². The molecule has 0 saturated heterocycles. The molecule has 0 saturated carbocycles. The Labute approximate surface area is 125 Å². The number of hydrogen-bond acceptors (Lipinski definition) is 4. The highest BCUT2D eigenvalue weighted by Gasteiger charge is 2.14. The molecule has 0 aliphatic rings. The van der Waals surface area contributed by atoms with Crippen molar-refractivity contribution in [3.63, 3.8) is 0 Å². The number of rotatable bonds is 3. The van der Waals surface area contributed by atoms with Gasteiger partial charge in [0.25, 0.3) is 0 Å². The Bertz CT molecular complexity index is 796. The molecule has 3 rings (SSSR count).